The molecule has 2 aromatic rings. The third kappa shape index (κ3) is 4.57. The molecule has 2 aromatic carbocycles. The van der Waals surface area contributed by atoms with Gasteiger partial charge in [0.25, 0.3) is 0 Å². The van der Waals surface area contributed by atoms with Gasteiger partial charge in [0.1, 0.15) is 5.82 Å². The van der Waals surface area contributed by atoms with Crippen LogP contribution in [-0.4, -0.2) is 19.6 Å². The first-order chi connectivity index (χ1) is 10.7. The van der Waals surface area contributed by atoms with Crippen LogP contribution in [0.4, 0.5) is 10.1 Å². The zero-order valence-electron chi connectivity index (χ0n) is 13.5. The van der Waals surface area contributed by atoms with Crippen LogP contribution in [0.3, 0.4) is 0 Å². The fourth-order valence-electron chi connectivity index (χ4n) is 2.58. The van der Waals surface area contributed by atoms with Crippen LogP contribution in [0, 0.1) is 5.82 Å². The van der Waals surface area contributed by atoms with Crippen LogP contribution in [-0.2, 0) is 13.0 Å². The van der Waals surface area contributed by atoms with Crippen molar-refractivity contribution in [3.63, 3.8) is 0 Å². The van der Waals surface area contributed by atoms with Crippen LogP contribution >= 0.6 is 0 Å². The van der Waals surface area contributed by atoms with E-state index >= 15 is 0 Å². The standard InChI is InChI=1S/C19H25FN2/c1-3-22(4-2)19-14-17(10-11-18(19)20)15-21-13-12-16-8-6-5-7-9-16/h5-11,14,21H,3-4,12-13,15H2,1-2H3. The second-order valence-corrected chi connectivity index (χ2v) is 5.37. The lowest BCUT2D eigenvalue weighted by molar-refractivity contribution is 0.617. The molecule has 0 spiro atoms. The molecule has 0 saturated heterocycles. The molecule has 1 N–H and O–H groups in total. The van der Waals surface area contributed by atoms with Gasteiger partial charge in [0.05, 0.1) is 5.69 Å². The smallest absolute Gasteiger partial charge is 0.146 e. The summed E-state index contributed by atoms with van der Waals surface area (Å²) in [7, 11) is 0. The summed E-state index contributed by atoms with van der Waals surface area (Å²) in [5, 5.41) is 3.43. The van der Waals surface area contributed by atoms with Gasteiger partial charge in [-0.05, 0) is 50.1 Å². The molecule has 0 aliphatic carbocycles. The molecular weight excluding hydrogens is 275 g/mol. The van der Waals surface area contributed by atoms with E-state index in [1.807, 2.05) is 36.9 Å². The first kappa shape index (κ1) is 16.5. The second kappa shape index (κ2) is 8.54. The summed E-state index contributed by atoms with van der Waals surface area (Å²) in [5.74, 6) is -0.142. The van der Waals surface area contributed by atoms with Crippen molar-refractivity contribution in [3.8, 4) is 0 Å². The highest BCUT2D eigenvalue weighted by Gasteiger charge is 2.09. The van der Waals surface area contributed by atoms with E-state index in [1.165, 1.54) is 5.56 Å². The Hall–Kier alpha value is -1.87. The van der Waals surface area contributed by atoms with Gasteiger partial charge in [-0.15, -0.1) is 0 Å². The second-order valence-electron chi connectivity index (χ2n) is 5.37. The van der Waals surface area contributed by atoms with E-state index in [4.69, 9.17) is 0 Å². The Balaban J connectivity index is 1.89. The van der Waals surface area contributed by atoms with Crippen molar-refractivity contribution >= 4 is 5.69 Å². The number of nitrogens with zero attached hydrogens (tertiary/aromatic N) is 1. The first-order valence-electron chi connectivity index (χ1n) is 8.02. The Labute approximate surface area is 133 Å². The summed E-state index contributed by atoms with van der Waals surface area (Å²) in [6, 6.07) is 15.8. The van der Waals surface area contributed by atoms with Crippen molar-refractivity contribution in [2.45, 2.75) is 26.8 Å². The summed E-state index contributed by atoms with van der Waals surface area (Å²) < 4.78 is 13.9. The Morgan fingerprint density at radius 2 is 1.68 bits per heavy atom. The van der Waals surface area contributed by atoms with Crippen molar-refractivity contribution in [2.75, 3.05) is 24.5 Å². The van der Waals surface area contributed by atoms with Gasteiger partial charge in [-0.3, -0.25) is 0 Å². The fraction of sp³-hybridized carbons (Fsp3) is 0.368. The number of hydrogen-bond acceptors (Lipinski definition) is 2. The maximum atomic E-state index is 13.9. The molecule has 0 amide bonds. The highest BCUT2D eigenvalue weighted by Crippen LogP contribution is 2.20. The monoisotopic (exact) mass is 300 g/mol. The molecule has 0 aromatic heterocycles. The van der Waals surface area contributed by atoms with Gasteiger partial charge >= 0.3 is 0 Å². The summed E-state index contributed by atoms with van der Waals surface area (Å²) >= 11 is 0. The quantitative estimate of drug-likeness (QED) is 0.741. The van der Waals surface area contributed by atoms with Gasteiger partial charge in [-0.1, -0.05) is 36.4 Å². The zero-order valence-corrected chi connectivity index (χ0v) is 13.5. The van der Waals surface area contributed by atoms with Crippen LogP contribution in [0.25, 0.3) is 0 Å². The number of halogens is 1. The molecule has 0 aliphatic rings. The summed E-state index contributed by atoms with van der Waals surface area (Å²) in [6.07, 6.45) is 1.00. The SMILES string of the molecule is CCN(CC)c1cc(CNCCc2ccccc2)ccc1F. The van der Waals surface area contributed by atoms with Crippen LogP contribution in [0.2, 0.25) is 0 Å². The van der Waals surface area contributed by atoms with Gasteiger partial charge in [-0.2, -0.15) is 0 Å². The molecule has 118 valence electrons. The van der Waals surface area contributed by atoms with Gasteiger partial charge in [0.2, 0.25) is 0 Å². The minimum absolute atomic E-state index is 0.142. The van der Waals surface area contributed by atoms with Gasteiger partial charge < -0.3 is 10.2 Å². The van der Waals surface area contributed by atoms with Crippen LogP contribution in [0.5, 0.6) is 0 Å². The lowest BCUT2D eigenvalue weighted by Crippen LogP contribution is -2.23. The molecule has 2 nitrogen and oxygen atoms in total. The Bertz CT molecular complexity index is 565. The molecule has 0 unspecified atom stereocenters. The lowest BCUT2D eigenvalue weighted by atomic mass is 10.1. The van der Waals surface area contributed by atoms with Crippen LogP contribution in [0.15, 0.2) is 48.5 Å². The van der Waals surface area contributed by atoms with Crippen molar-refractivity contribution < 1.29 is 4.39 Å². The average molecular weight is 300 g/mol. The zero-order chi connectivity index (χ0) is 15.8. The number of rotatable bonds is 8. The molecule has 0 atom stereocenters. The first-order valence-corrected chi connectivity index (χ1v) is 8.02. The van der Waals surface area contributed by atoms with E-state index in [2.05, 4.69) is 29.6 Å². The third-order valence-corrected chi connectivity index (χ3v) is 3.88. The molecule has 22 heavy (non-hydrogen) atoms. The maximum Gasteiger partial charge on any atom is 0.146 e. The minimum Gasteiger partial charge on any atom is -0.370 e. The van der Waals surface area contributed by atoms with Gasteiger partial charge in [0.15, 0.2) is 0 Å². The molecule has 0 saturated carbocycles. The summed E-state index contributed by atoms with van der Waals surface area (Å²) in [5.41, 5.74) is 3.15. The molecule has 0 aliphatic heterocycles. The predicted octanol–water partition coefficient (Wildman–Crippen LogP) is 4.00. The summed E-state index contributed by atoms with van der Waals surface area (Å²) in [4.78, 5) is 2.04. The molecular formula is C19H25FN2. The molecule has 0 bridgehead atoms. The highest BCUT2D eigenvalue weighted by atomic mass is 19.1. The Morgan fingerprint density at radius 1 is 0.955 bits per heavy atom. The molecule has 3 heteroatoms. The number of anilines is 1. The topological polar surface area (TPSA) is 15.3 Å². The van der Waals surface area contributed by atoms with Crippen molar-refractivity contribution in [2.24, 2.45) is 0 Å². The fourth-order valence-corrected chi connectivity index (χ4v) is 2.58. The van der Waals surface area contributed by atoms with Gasteiger partial charge in [0, 0.05) is 19.6 Å². The number of nitrogens with one attached hydrogen (secondary N) is 1. The van der Waals surface area contributed by atoms with E-state index in [-0.39, 0.29) is 5.82 Å². The van der Waals surface area contributed by atoms with Crippen molar-refractivity contribution in [1.29, 1.82) is 0 Å². The van der Waals surface area contributed by atoms with Crippen molar-refractivity contribution in [3.05, 3.63) is 65.5 Å². The normalized spacial score (nSPS) is 10.7. The molecule has 0 radical (unpaired) electrons. The Morgan fingerprint density at radius 3 is 2.36 bits per heavy atom. The number of hydrogen-bond donors (Lipinski definition) is 1. The predicted molar refractivity (Wildman–Crippen MR) is 91.8 cm³/mol. The Kier molecular flexibility index (Phi) is 6.41. The third-order valence-electron chi connectivity index (χ3n) is 3.88. The largest absolute Gasteiger partial charge is 0.370 e. The maximum absolute atomic E-state index is 13.9. The molecule has 2 rings (SSSR count). The minimum atomic E-state index is -0.142. The number of benzene rings is 2. The lowest BCUT2D eigenvalue weighted by Gasteiger charge is -2.22. The van der Waals surface area contributed by atoms with Crippen LogP contribution < -0.4 is 10.2 Å². The van der Waals surface area contributed by atoms with E-state index < -0.39 is 0 Å². The van der Waals surface area contributed by atoms with E-state index in [9.17, 15) is 4.39 Å². The van der Waals surface area contributed by atoms with Crippen molar-refractivity contribution in [1.82, 2.24) is 5.32 Å². The molecule has 0 heterocycles. The highest BCUT2D eigenvalue weighted by molar-refractivity contribution is 5.49. The molecule has 0 fully saturated rings. The average Bonchev–Trinajstić information content (AvgIpc) is 2.56. The summed E-state index contributed by atoms with van der Waals surface area (Å²) in [6.45, 7) is 7.42. The van der Waals surface area contributed by atoms with E-state index in [1.54, 1.807) is 6.07 Å². The van der Waals surface area contributed by atoms with Crippen LogP contribution in [0.1, 0.15) is 25.0 Å². The van der Waals surface area contributed by atoms with E-state index in [0.29, 0.717) is 5.69 Å². The van der Waals surface area contributed by atoms with E-state index in [0.717, 1.165) is 38.2 Å². The van der Waals surface area contributed by atoms with Gasteiger partial charge in [-0.25, -0.2) is 4.39 Å².